The molecule has 160 valence electrons. The lowest BCUT2D eigenvalue weighted by molar-refractivity contribution is 0.00235. The van der Waals surface area contributed by atoms with Gasteiger partial charge in [0.25, 0.3) is 0 Å². The van der Waals surface area contributed by atoms with E-state index in [4.69, 9.17) is 9.47 Å². The lowest BCUT2D eigenvalue weighted by atomic mass is 10.00. The van der Waals surface area contributed by atoms with Crippen LogP contribution in [0.5, 0.6) is 0 Å². The van der Waals surface area contributed by atoms with E-state index in [2.05, 4.69) is 26.8 Å². The number of rotatable bonds is 16. The standard InChI is InChI=1S/C25H42O3/c1-5-8-9-10-11-12-13-16-24(20-27-4)28-25(26)23-18-21(14-6-2)17-22(19-23)15-7-3/h17-19,24H,5-16,20H2,1-4H3. The Bertz CT molecular complexity index is 514. The lowest BCUT2D eigenvalue weighted by Gasteiger charge is -2.18. The molecular weight excluding hydrogens is 348 g/mol. The smallest absolute Gasteiger partial charge is 0.338 e. The minimum atomic E-state index is -0.208. The Morgan fingerprint density at radius 1 is 0.821 bits per heavy atom. The van der Waals surface area contributed by atoms with Gasteiger partial charge in [0.2, 0.25) is 0 Å². The fourth-order valence-electron chi connectivity index (χ4n) is 3.66. The molecule has 0 saturated heterocycles. The third kappa shape index (κ3) is 10.3. The van der Waals surface area contributed by atoms with E-state index < -0.39 is 0 Å². The van der Waals surface area contributed by atoms with Gasteiger partial charge in [-0.2, -0.15) is 0 Å². The zero-order chi connectivity index (χ0) is 20.6. The first-order chi connectivity index (χ1) is 13.6. The zero-order valence-corrected chi connectivity index (χ0v) is 18.7. The molecule has 0 radical (unpaired) electrons. The molecule has 0 saturated carbocycles. The predicted molar refractivity (Wildman–Crippen MR) is 118 cm³/mol. The monoisotopic (exact) mass is 390 g/mol. The second-order valence-corrected chi connectivity index (χ2v) is 7.93. The Hall–Kier alpha value is -1.35. The van der Waals surface area contributed by atoms with Crippen molar-refractivity contribution in [1.82, 2.24) is 0 Å². The van der Waals surface area contributed by atoms with Crippen molar-refractivity contribution in [3.63, 3.8) is 0 Å². The maximum atomic E-state index is 12.8. The van der Waals surface area contributed by atoms with E-state index in [1.807, 2.05) is 12.1 Å². The van der Waals surface area contributed by atoms with Gasteiger partial charge in [-0.3, -0.25) is 0 Å². The third-order valence-electron chi connectivity index (χ3n) is 5.12. The zero-order valence-electron chi connectivity index (χ0n) is 18.7. The van der Waals surface area contributed by atoms with E-state index in [9.17, 15) is 4.79 Å². The average Bonchev–Trinajstić information content (AvgIpc) is 2.67. The van der Waals surface area contributed by atoms with E-state index in [1.54, 1.807) is 7.11 Å². The normalized spacial score (nSPS) is 12.1. The molecule has 0 aliphatic carbocycles. The van der Waals surface area contributed by atoms with Gasteiger partial charge in [-0.25, -0.2) is 4.79 Å². The molecule has 1 unspecified atom stereocenters. The van der Waals surface area contributed by atoms with Crippen molar-refractivity contribution in [2.24, 2.45) is 0 Å². The highest BCUT2D eigenvalue weighted by Gasteiger charge is 2.17. The Morgan fingerprint density at radius 2 is 1.39 bits per heavy atom. The molecule has 1 aromatic carbocycles. The Morgan fingerprint density at radius 3 is 1.93 bits per heavy atom. The number of aryl methyl sites for hydroxylation is 2. The highest BCUT2D eigenvalue weighted by atomic mass is 16.6. The van der Waals surface area contributed by atoms with E-state index >= 15 is 0 Å². The second-order valence-electron chi connectivity index (χ2n) is 7.93. The number of esters is 1. The molecule has 0 aliphatic heterocycles. The molecule has 0 bridgehead atoms. The van der Waals surface area contributed by atoms with Crippen LogP contribution >= 0.6 is 0 Å². The minimum absolute atomic E-state index is 0.155. The van der Waals surface area contributed by atoms with Crippen LogP contribution in [-0.4, -0.2) is 25.8 Å². The summed E-state index contributed by atoms with van der Waals surface area (Å²) in [5.74, 6) is -0.208. The first kappa shape index (κ1) is 24.7. The first-order valence-electron chi connectivity index (χ1n) is 11.5. The van der Waals surface area contributed by atoms with Crippen molar-refractivity contribution in [2.75, 3.05) is 13.7 Å². The van der Waals surface area contributed by atoms with Gasteiger partial charge in [-0.15, -0.1) is 0 Å². The summed E-state index contributed by atoms with van der Waals surface area (Å²) in [6, 6.07) is 6.24. The van der Waals surface area contributed by atoms with Crippen LogP contribution in [0, 0.1) is 0 Å². The Balaban J connectivity index is 2.59. The van der Waals surface area contributed by atoms with Crippen molar-refractivity contribution in [2.45, 2.75) is 104 Å². The molecule has 3 heteroatoms. The summed E-state index contributed by atoms with van der Waals surface area (Å²) in [7, 11) is 1.67. The lowest BCUT2D eigenvalue weighted by Crippen LogP contribution is -2.23. The van der Waals surface area contributed by atoms with E-state index in [-0.39, 0.29) is 12.1 Å². The second kappa shape index (κ2) is 15.6. The van der Waals surface area contributed by atoms with Crippen LogP contribution in [-0.2, 0) is 22.3 Å². The van der Waals surface area contributed by atoms with Gasteiger partial charge in [-0.05, 0) is 48.9 Å². The molecule has 3 nitrogen and oxygen atoms in total. The molecule has 0 N–H and O–H groups in total. The van der Waals surface area contributed by atoms with Gasteiger partial charge in [0, 0.05) is 7.11 Å². The maximum Gasteiger partial charge on any atom is 0.338 e. The van der Waals surface area contributed by atoms with Crippen LogP contribution in [0.2, 0.25) is 0 Å². The van der Waals surface area contributed by atoms with Gasteiger partial charge in [-0.1, -0.05) is 78.2 Å². The SMILES string of the molecule is CCCCCCCCCC(COC)OC(=O)c1cc(CCC)cc(CCC)c1. The molecule has 0 spiro atoms. The van der Waals surface area contributed by atoms with Gasteiger partial charge in [0.05, 0.1) is 12.2 Å². The molecule has 0 heterocycles. The summed E-state index contributed by atoms with van der Waals surface area (Å²) in [4.78, 5) is 12.8. The molecule has 0 aliphatic rings. The summed E-state index contributed by atoms with van der Waals surface area (Å²) in [5, 5.41) is 0. The fraction of sp³-hybridized carbons (Fsp3) is 0.720. The molecular formula is C25H42O3. The number of hydrogen-bond acceptors (Lipinski definition) is 3. The van der Waals surface area contributed by atoms with Crippen molar-refractivity contribution < 1.29 is 14.3 Å². The number of unbranched alkanes of at least 4 members (excludes halogenated alkanes) is 6. The number of ether oxygens (including phenoxy) is 2. The number of benzene rings is 1. The van der Waals surface area contributed by atoms with Gasteiger partial charge >= 0.3 is 5.97 Å². The number of carbonyl (C=O) groups is 1. The molecule has 1 atom stereocenters. The highest BCUT2D eigenvalue weighted by Crippen LogP contribution is 2.17. The highest BCUT2D eigenvalue weighted by molar-refractivity contribution is 5.90. The Labute approximate surface area is 173 Å². The van der Waals surface area contributed by atoms with Gasteiger partial charge < -0.3 is 9.47 Å². The fourth-order valence-corrected chi connectivity index (χ4v) is 3.66. The van der Waals surface area contributed by atoms with Gasteiger partial charge in [0.1, 0.15) is 6.10 Å². The van der Waals surface area contributed by atoms with E-state index in [0.29, 0.717) is 12.2 Å². The average molecular weight is 391 g/mol. The van der Waals surface area contributed by atoms with Crippen LogP contribution in [0.25, 0.3) is 0 Å². The van der Waals surface area contributed by atoms with Crippen molar-refractivity contribution in [1.29, 1.82) is 0 Å². The van der Waals surface area contributed by atoms with E-state index in [1.165, 1.54) is 49.7 Å². The molecule has 0 fully saturated rings. The molecule has 0 amide bonds. The molecule has 1 rings (SSSR count). The molecule has 1 aromatic rings. The summed E-state index contributed by atoms with van der Waals surface area (Å²) in [6.45, 7) is 7.05. The van der Waals surface area contributed by atoms with Crippen molar-refractivity contribution in [3.05, 3.63) is 34.9 Å². The third-order valence-corrected chi connectivity index (χ3v) is 5.12. The number of carbonyl (C=O) groups excluding carboxylic acids is 1. The molecule has 28 heavy (non-hydrogen) atoms. The van der Waals surface area contributed by atoms with Crippen molar-refractivity contribution >= 4 is 5.97 Å². The van der Waals surface area contributed by atoms with Crippen LogP contribution < -0.4 is 0 Å². The summed E-state index contributed by atoms with van der Waals surface area (Å²) in [5.41, 5.74) is 3.15. The Kier molecular flexibility index (Phi) is 13.7. The summed E-state index contributed by atoms with van der Waals surface area (Å²) < 4.78 is 11.1. The quantitative estimate of drug-likeness (QED) is 0.227. The number of hydrogen-bond donors (Lipinski definition) is 0. The predicted octanol–water partition coefficient (Wildman–Crippen LogP) is 6.90. The van der Waals surface area contributed by atoms with Crippen molar-refractivity contribution in [3.8, 4) is 0 Å². The van der Waals surface area contributed by atoms with Gasteiger partial charge in [0.15, 0.2) is 0 Å². The van der Waals surface area contributed by atoms with Crippen LogP contribution in [0.4, 0.5) is 0 Å². The topological polar surface area (TPSA) is 35.5 Å². The maximum absolute atomic E-state index is 12.8. The molecule has 0 aromatic heterocycles. The first-order valence-corrected chi connectivity index (χ1v) is 11.5. The minimum Gasteiger partial charge on any atom is -0.456 e. The van der Waals surface area contributed by atoms with E-state index in [0.717, 1.165) is 38.5 Å². The largest absolute Gasteiger partial charge is 0.456 e. The van der Waals surface area contributed by atoms with Crippen LogP contribution in [0.3, 0.4) is 0 Å². The van der Waals surface area contributed by atoms with Crippen LogP contribution in [0.1, 0.15) is 106 Å². The van der Waals surface area contributed by atoms with Crippen LogP contribution in [0.15, 0.2) is 18.2 Å². The number of methoxy groups -OCH3 is 1. The summed E-state index contributed by atoms with van der Waals surface area (Å²) >= 11 is 0. The summed E-state index contributed by atoms with van der Waals surface area (Å²) in [6.07, 6.45) is 13.7.